The van der Waals surface area contributed by atoms with Crippen LogP contribution in [-0.2, 0) is 11.3 Å². The number of benzene rings is 2. The van der Waals surface area contributed by atoms with E-state index in [0.29, 0.717) is 21.6 Å². The number of amides is 2. The molecule has 152 valence electrons. The smallest absolute Gasteiger partial charge is 0.269 e. The third-order valence-electron chi connectivity index (χ3n) is 4.59. The van der Waals surface area contributed by atoms with Gasteiger partial charge in [0.25, 0.3) is 5.91 Å². The molecule has 0 saturated carbocycles. The Kier molecular flexibility index (Phi) is 5.85. The molecule has 2 aromatic heterocycles. The quantitative estimate of drug-likeness (QED) is 0.395. The summed E-state index contributed by atoms with van der Waals surface area (Å²) >= 11 is 9.23. The molecule has 0 radical (unpaired) electrons. The first-order chi connectivity index (χ1) is 14.4. The van der Waals surface area contributed by atoms with Crippen LogP contribution in [0.1, 0.15) is 27.7 Å². The lowest BCUT2D eigenvalue weighted by molar-refractivity contribution is -0.119. The predicted molar refractivity (Wildman–Crippen MR) is 125 cm³/mol. The van der Waals surface area contributed by atoms with Gasteiger partial charge >= 0.3 is 0 Å². The third kappa shape index (κ3) is 4.23. The molecule has 5 nitrogen and oxygen atoms in total. The van der Waals surface area contributed by atoms with E-state index < -0.39 is 0 Å². The summed E-state index contributed by atoms with van der Waals surface area (Å²) in [5.74, 6) is -0.319. The molecule has 0 spiro atoms. The summed E-state index contributed by atoms with van der Waals surface area (Å²) in [6.45, 7) is 3.97. The summed E-state index contributed by atoms with van der Waals surface area (Å²) in [5.41, 5.74) is 3.77. The molecule has 2 aromatic carbocycles. The van der Waals surface area contributed by atoms with Crippen molar-refractivity contribution in [2.24, 2.45) is 0 Å². The normalized spacial score (nSPS) is 10.9. The second-order valence-corrected chi connectivity index (χ2v) is 9.08. The molecule has 4 rings (SSSR count). The molecule has 2 amide bonds. The predicted octanol–water partition coefficient (Wildman–Crippen LogP) is 5.88. The number of aryl methyl sites for hydroxylation is 1. The fourth-order valence-electron chi connectivity index (χ4n) is 3.06. The van der Waals surface area contributed by atoms with Crippen molar-refractivity contribution >= 4 is 61.3 Å². The van der Waals surface area contributed by atoms with Gasteiger partial charge in [0.2, 0.25) is 5.91 Å². The first-order valence-corrected chi connectivity index (χ1v) is 11.3. The molecule has 8 heteroatoms. The van der Waals surface area contributed by atoms with Crippen molar-refractivity contribution in [2.45, 2.75) is 20.4 Å². The Morgan fingerprint density at radius 1 is 1.13 bits per heavy atom. The van der Waals surface area contributed by atoms with Crippen LogP contribution in [-0.4, -0.2) is 16.8 Å². The number of thiophene rings is 1. The van der Waals surface area contributed by atoms with E-state index in [-0.39, 0.29) is 11.8 Å². The van der Waals surface area contributed by atoms with Crippen LogP contribution in [0.25, 0.3) is 21.3 Å². The number of aromatic nitrogens is 1. The first-order valence-electron chi connectivity index (χ1n) is 9.20. The van der Waals surface area contributed by atoms with Gasteiger partial charge < -0.3 is 5.32 Å². The number of anilines is 1. The SMILES string of the molecule is CC(=O)NCc1ccc(-c2csc(NC(=O)c3sc4cccc(C)c4c3Cl)n2)cc1. The minimum atomic E-state index is -0.257. The number of hydrogen-bond acceptors (Lipinski definition) is 5. The molecule has 2 heterocycles. The minimum Gasteiger partial charge on any atom is -0.352 e. The number of thiazole rings is 1. The van der Waals surface area contributed by atoms with E-state index in [4.69, 9.17) is 11.6 Å². The van der Waals surface area contributed by atoms with E-state index in [0.717, 1.165) is 32.5 Å². The van der Waals surface area contributed by atoms with Crippen molar-refractivity contribution in [3.05, 3.63) is 68.9 Å². The fourth-order valence-corrected chi connectivity index (χ4v) is 5.35. The summed E-state index contributed by atoms with van der Waals surface area (Å²) in [6, 6.07) is 13.7. The van der Waals surface area contributed by atoms with Gasteiger partial charge in [-0.25, -0.2) is 4.98 Å². The average Bonchev–Trinajstić information content (AvgIpc) is 3.32. The number of nitrogens with zero attached hydrogens (tertiary/aromatic N) is 1. The second-order valence-electron chi connectivity index (χ2n) is 6.79. The zero-order valence-corrected chi connectivity index (χ0v) is 18.7. The Balaban J connectivity index is 1.50. The highest BCUT2D eigenvalue weighted by Crippen LogP contribution is 2.37. The van der Waals surface area contributed by atoms with E-state index in [2.05, 4.69) is 15.6 Å². The van der Waals surface area contributed by atoms with Gasteiger partial charge in [-0.15, -0.1) is 22.7 Å². The molecule has 4 aromatic rings. The maximum absolute atomic E-state index is 12.8. The third-order valence-corrected chi connectivity index (χ3v) is 6.99. The molecular formula is C22H18ClN3O2S2. The lowest BCUT2D eigenvalue weighted by atomic mass is 10.1. The van der Waals surface area contributed by atoms with Crippen LogP contribution in [0.5, 0.6) is 0 Å². The van der Waals surface area contributed by atoms with Gasteiger partial charge in [-0.05, 0) is 24.1 Å². The molecule has 0 atom stereocenters. The maximum Gasteiger partial charge on any atom is 0.269 e. The Bertz CT molecular complexity index is 1250. The van der Waals surface area contributed by atoms with Crippen LogP contribution < -0.4 is 10.6 Å². The van der Waals surface area contributed by atoms with E-state index in [1.807, 2.05) is 54.8 Å². The Morgan fingerprint density at radius 2 is 1.90 bits per heavy atom. The van der Waals surface area contributed by atoms with E-state index in [1.165, 1.54) is 29.6 Å². The molecule has 0 bridgehead atoms. The Hall–Kier alpha value is -2.74. The van der Waals surface area contributed by atoms with Crippen molar-refractivity contribution in [2.75, 3.05) is 5.32 Å². The first kappa shape index (κ1) is 20.5. The number of carbonyl (C=O) groups excluding carboxylic acids is 2. The lowest BCUT2D eigenvalue weighted by Gasteiger charge is -2.03. The van der Waals surface area contributed by atoms with E-state index in [9.17, 15) is 9.59 Å². The van der Waals surface area contributed by atoms with Gasteiger partial charge in [-0.1, -0.05) is 48.0 Å². The highest BCUT2D eigenvalue weighted by Gasteiger charge is 2.19. The molecule has 0 unspecified atom stereocenters. The summed E-state index contributed by atoms with van der Waals surface area (Å²) in [5, 5.41) is 9.45. The summed E-state index contributed by atoms with van der Waals surface area (Å²) in [4.78, 5) is 28.8. The molecule has 2 N–H and O–H groups in total. The number of nitrogens with one attached hydrogen (secondary N) is 2. The Labute approximate surface area is 186 Å². The molecule has 0 aliphatic rings. The number of fused-ring (bicyclic) bond motifs is 1. The monoisotopic (exact) mass is 455 g/mol. The fraction of sp³-hybridized carbons (Fsp3) is 0.136. The van der Waals surface area contributed by atoms with E-state index >= 15 is 0 Å². The van der Waals surface area contributed by atoms with Gasteiger partial charge in [-0.2, -0.15) is 0 Å². The van der Waals surface area contributed by atoms with E-state index in [1.54, 1.807) is 0 Å². The van der Waals surface area contributed by atoms with Crippen molar-refractivity contribution in [1.82, 2.24) is 10.3 Å². The van der Waals surface area contributed by atoms with Crippen LogP contribution in [0.2, 0.25) is 5.02 Å². The lowest BCUT2D eigenvalue weighted by Crippen LogP contribution is -2.18. The number of halogens is 1. The molecule has 0 aliphatic carbocycles. The van der Waals surface area contributed by atoms with Gasteiger partial charge in [0.1, 0.15) is 4.88 Å². The van der Waals surface area contributed by atoms with Crippen LogP contribution in [0.15, 0.2) is 47.8 Å². The number of carbonyl (C=O) groups is 2. The molecule has 0 fully saturated rings. The second kappa shape index (κ2) is 8.55. The molecule has 0 aliphatic heterocycles. The van der Waals surface area contributed by atoms with Crippen LogP contribution >= 0.6 is 34.3 Å². The minimum absolute atomic E-state index is 0.0622. The van der Waals surface area contributed by atoms with Gasteiger partial charge in [-0.3, -0.25) is 14.9 Å². The van der Waals surface area contributed by atoms with Gasteiger partial charge in [0.15, 0.2) is 5.13 Å². The van der Waals surface area contributed by atoms with Gasteiger partial charge in [0, 0.05) is 34.5 Å². The van der Waals surface area contributed by atoms with Crippen molar-refractivity contribution in [1.29, 1.82) is 0 Å². The topological polar surface area (TPSA) is 71.1 Å². The summed E-state index contributed by atoms with van der Waals surface area (Å²) in [6.07, 6.45) is 0. The largest absolute Gasteiger partial charge is 0.352 e. The highest BCUT2D eigenvalue weighted by molar-refractivity contribution is 7.22. The van der Waals surface area contributed by atoms with Crippen LogP contribution in [0.4, 0.5) is 5.13 Å². The van der Waals surface area contributed by atoms with Crippen molar-refractivity contribution in [3.8, 4) is 11.3 Å². The van der Waals surface area contributed by atoms with Gasteiger partial charge in [0.05, 0.1) is 10.7 Å². The highest BCUT2D eigenvalue weighted by atomic mass is 35.5. The Morgan fingerprint density at radius 3 is 2.60 bits per heavy atom. The van der Waals surface area contributed by atoms with Crippen molar-refractivity contribution in [3.63, 3.8) is 0 Å². The summed E-state index contributed by atoms with van der Waals surface area (Å²) in [7, 11) is 0. The standard InChI is InChI=1S/C22H18ClN3O2S2/c1-12-4-3-5-17-18(12)19(23)20(30-17)21(28)26-22-25-16(11-29-22)15-8-6-14(7-9-15)10-24-13(2)27/h3-9,11H,10H2,1-2H3,(H,24,27)(H,25,26,28). The van der Waals surface area contributed by atoms with Crippen molar-refractivity contribution < 1.29 is 9.59 Å². The molecule has 30 heavy (non-hydrogen) atoms. The zero-order chi connectivity index (χ0) is 21.3. The number of hydrogen-bond donors (Lipinski definition) is 2. The summed E-state index contributed by atoms with van der Waals surface area (Å²) < 4.78 is 0.990. The maximum atomic E-state index is 12.8. The molecular weight excluding hydrogens is 438 g/mol. The zero-order valence-electron chi connectivity index (χ0n) is 16.3. The number of rotatable bonds is 5. The van der Waals surface area contributed by atoms with Crippen LogP contribution in [0, 0.1) is 6.92 Å². The average molecular weight is 456 g/mol. The van der Waals surface area contributed by atoms with Crippen LogP contribution in [0.3, 0.4) is 0 Å². The molecule has 0 saturated heterocycles.